The fraction of sp³-hybridized carbons (Fsp3) is 0.476. The monoisotopic (exact) mass is 540 g/mol. The number of thiazole rings is 1. The van der Waals surface area contributed by atoms with E-state index in [4.69, 9.17) is 21.1 Å². The van der Waals surface area contributed by atoms with Gasteiger partial charge in [-0.3, -0.25) is 19.8 Å². The van der Waals surface area contributed by atoms with Gasteiger partial charge in [-0.15, -0.1) is 36.2 Å². The lowest BCUT2D eigenvalue weighted by Crippen LogP contribution is -2.42. The van der Waals surface area contributed by atoms with Crippen molar-refractivity contribution in [3.05, 3.63) is 33.8 Å². The molecule has 12 heteroatoms. The molecular weight excluding hydrogens is 511 g/mol. The second kappa shape index (κ2) is 14.5. The number of nitrogens with one attached hydrogen (secondary N) is 2. The standard InChI is InChI=1S/C21H29ClN4O4S.2ClH/c1-12(2)26(13(3)4)8-7-23-20(28)16-11-31-21(24-16)25-19(27)14-9-17(29-5)18(30-6)10-15(14)22;;/h9-13H,7-8H2,1-6H3,(H,23,28)(H,24,25,27);2*1H. The molecular formula is C21H31Cl3N4O4S. The summed E-state index contributed by atoms with van der Waals surface area (Å²) >= 11 is 7.36. The van der Waals surface area contributed by atoms with E-state index in [1.165, 1.54) is 26.4 Å². The van der Waals surface area contributed by atoms with Gasteiger partial charge in [0, 0.05) is 36.6 Å². The molecule has 1 heterocycles. The Morgan fingerprint density at radius 1 is 1.06 bits per heavy atom. The number of halogens is 3. The Kier molecular flexibility index (Phi) is 13.7. The predicted molar refractivity (Wildman–Crippen MR) is 138 cm³/mol. The predicted octanol–water partition coefficient (Wildman–Crippen LogP) is 4.76. The molecule has 0 aliphatic rings. The molecule has 0 saturated heterocycles. The SMILES string of the molecule is COc1cc(Cl)c(C(=O)Nc2nc(C(=O)NCCN(C(C)C)C(C)C)cs2)cc1OC.Cl.Cl. The van der Waals surface area contributed by atoms with Crippen LogP contribution in [0.5, 0.6) is 11.5 Å². The molecule has 186 valence electrons. The third-order valence-electron chi connectivity index (χ3n) is 4.66. The van der Waals surface area contributed by atoms with Gasteiger partial charge in [-0.2, -0.15) is 0 Å². The third-order valence-corrected chi connectivity index (χ3v) is 5.73. The van der Waals surface area contributed by atoms with E-state index >= 15 is 0 Å². The van der Waals surface area contributed by atoms with Crippen LogP contribution in [0.1, 0.15) is 48.5 Å². The van der Waals surface area contributed by atoms with Crippen molar-refractivity contribution in [1.82, 2.24) is 15.2 Å². The second-order valence-electron chi connectivity index (χ2n) is 7.36. The first-order valence-electron chi connectivity index (χ1n) is 9.90. The number of hydrogen-bond donors (Lipinski definition) is 2. The first-order chi connectivity index (χ1) is 14.7. The van der Waals surface area contributed by atoms with Gasteiger partial charge in [0.15, 0.2) is 16.6 Å². The number of carbonyl (C=O) groups excluding carboxylic acids is 2. The maximum atomic E-state index is 12.6. The third kappa shape index (κ3) is 8.50. The quantitative estimate of drug-likeness (QED) is 0.451. The van der Waals surface area contributed by atoms with Crippen molar-refractivity contribution >= 4 is 64.7 Å². The zero-order valence-corrected chi connectivity index (χ0v) is 22.6. The van der Waals surface area contributed by atoms with Crippen LogP contribution in [0.25, 0.3) is 0 Å². The fourth-order valence-corrected chi connectivity index (χ4v) is 4.06. The zero-order chi connectivity index (χ0) is 23.1. The summed E-state index contributed by atoms with van der Waals surface area (Å²) in [5.74, 6) is 0.0592. The van der Waals surface area contributed by atoms with Crippen LogP contribution < -0.4 is 20.1 Å². The zero-order valence-electron chi connectivity index (χ0n) is 19.4. The molecule has 0 bridgehead atoms. The topological polar surface area (TPSA) is 92.8 Å². The van der Waals surface area contributed by atoms with Gasteiger partial charge in [0.2, 0.25) is 0 Å². The number of benzene rings is 1. The Bertz CT molecular complexity index is 917. The van der Waals surface area contributed by atoms with Gasteiger partial charge < -0.3 is 14.8 Å². The van der Waals surface area contributed by atoms with Crippen molar-refractivity contribution in [3.8, 4) is 11.5 Å². The molecule has 0 atom stereocenters. The molecule has 0 spiro atoms. The largest absolute Gasteiger partial charge is 0.493 e. The minimum atomic E-state index is -0.461. The number of aromatic nitrogens is 1. The normalized spacial score (nSPS) is 10.5. The van der Waals surface area contributed by atoms with E-state index < -0.39 is 5.91 Å². The first-order valence-corrected chi connectivity index (χ1v) is 11.2. The molecule has 2 amide bonds. The Labute approximate surface area is 216 Å². The van der Waals surface area contributed by atoms with E-state index in [1.54, 1.807) is 5.38 Å². The number of nitrogens with zero attached hydrogens (tertiary/aromatic N) is 2. The molecule has 2 rings (SSSR count). The van der Waals surface area contributed by atoms with Crippen molar-refractivity contribution in [2.45, 2.75) is 39.8 Å². The summed E-state index contributed by atoms with van der Waals surface area (Å²) in [5, 5.41) is 7.65. The highest BCUT2D eigenvalue weighted by molar-refractivity contribution is 7.14. The smallest absolute Gasteiger partial charge is 0.270 e. The summed E-state index contributed by atoms with van der Waals surface area (Å²) in [4.78, 5) is 31.5. The summed E-state index contributed by atoms with van der Waals surface area (Å²) in [6, 6.07) is 3.78. The van der Waals surface area contributed by atoms with E-state index in [0.717, 1.165) is 17.9 Å². The average Bonchev–Trinajstić information content (AvgIpc) is 3.18. The maximum Gasteiger partial charge on any atom is 0.270 e. The van der Waals surface area contributed by atoms with Gasteiger partial charge in [0.05, 0.1) is 24.8 Å². The highest BCUT2D eigenvalue weighted by atomic mass is 35.5. The molecule has 0 unspecified atom stereocenters. The molecule has 0 saturated carbocycles. The minimum absolute atomic E-state index is 0. The number of ether oxygens (including phenoxy) is 2. The second-order valence-corrected chi connectivity index (χ2v) is 8.63. The van der Waals surface area contributed by atoms with Crippen LogP contribution in [0.3, 0.4) is 0 Å². The van der Waals surface area contributed by atoms with Crippen LogP contribution >= 0.6 is 47.8 Å². The lowest BCUT2D eigenvalue weighted by molar-refractivity contribution is 0.0934. The molecule has 2 aromatic rings. The molecule has 0 aliphatic heterocycles. The van der Waals surface area contributed by atoms with E-state index in [2.05, 4.69) is 48.2 Å². The van der Waals surface area contributed by atoms with Gasteiger partial charge in [0.1, 0.15) is 5.69 Å². The summed E-state index contributed by atoms with van der Waals surface area (Å²) in [6.07, 6.45) is 0. The van der Waals surface area contributed by atoms with Crippen molar-refractivity contribution in [3.63, 3.8) is 0 Å². The van der Waals surface area contributed by atoms with E-state index in [9.17, 15) is 9.59 Å². The highest BCUT2D eigenvalue weighted by Crippen LogP contribution is 2.33. The number of carbonyl (C=O) groups is 2. The van der Waals surface area contributed by atoms with Crippen LogP contribution in [-0.2, 0) is 0 Å². The number of hydrogen-bond acceptors (Lipinski definition) is 7. The molecule has 0 aliphatic carbocycles. The first kappa shape index (κ1) is 31.2. The van der Waals surface area contributed by atoms with Crippen molar-refractivity contribution in [2.75, 3.05) is 32.6 Å². The summed E-state index contributed by atoms with van der Waals surface area (Å²) < 4.78 is 10.4. The number of methoxy groups -OCH3 is 2. The van der Waals surface area contributed by atoms with Crippen LogP contribution in [0, 0.1) is 0 Å². The van der Waals surface area contributed by atoms with Gasteiger partial charge in [-0.05, 0) is 33.8 Å². The van der Waals surface area contributed by atoms with Gasteiger partial charge in [-0.25, -0.2) is 4.98 Å². The van der Waals surface area contributed by atoms with E-state index in [1.807, 2.05) is 0 Å². The minimum Gasteiger partial charge on any atom is -0.493 e. The fourth-order valence-electron chi connectivity index (χ4n) is 3.13. The van der Waals surface area contributed by atoms with E-state index in [-0.39, 0.29) is 47.0 Å². The molecule has 2 N–H and O–H groups in total. The number of anilines is 1. The maximum absolute atomic E-state index is 12.6. The Morgan fingerprint density at radius 3 is 2.18 bits per heavy atom. The molecule has 8 nitrogen and oxygen atoms in total. The summed E-state index contributed by atoms with van der Waals surface area (Å²) in [7, 11) is 2.96. The van der Waals surface area contributed by atoms with Crippen molar-refractivity contribution in [2.24, 2.45) is 0 Å². The van der Waals surface area contributed by atoms with Crippen LogP contribution in [0.15, 0.2) is 17.5 Å². The van der Waals surface area contributed by atoms with Crippen LogP contribution in [-0.4, -0.2) is 61.1 Å². The van der Waals surface area contributed by atoms with Crippen LogP contribution in [0.2, 0.25) is 5.02 Å². The van der Waals surface area contributed by atoms with Gasteiger partial charge in [-0.1, -0.05) is 11.6 Å². The Balaban J connectivity index is 0.00000512. The lowest BCUT2D eigenvalue weighted by Gasteiger charge is -2.30. The molecule has 0 fully saturated rings. The lowest BCUT2D eigenvalue weighted by atomic mass is 10.2. The molecule has 1 aromatic carbocycles. The molecule has 1 aromatic heterocycles. The number of rotatable bonds is 10. The van der Waals surface area contributed by atoms with Crippen LogP contribution in [0.4, 0.5) is 5.13 Å². The molecule has 0 radical (unpaired) electrons. The molecule has 33 heavy (non-hydrogen) atoms. The highest BCUT2D eigenvalue weighted by Gasteiger charge is 2.19. The van der Waals surface area contributed by atoms with Gasteiger partial charge in [0.25, 0.3) is 11.8 Å². The number of amides is 2. The Morgan fingerprint density at radius 2 is 1.64 bits per heavy atom. The summed E-state index contributed by atoms with van der Waals surface area (Å²) in [5.41, 5.74) is 0.460. The van der Waals surface area contributed by atoms with Crippen molar-refractivity contribution < 1.29 is 19.1 Å². The van der Waals surface area contributed by atoms with E-state index in [0.29, 0.717) is 35.3 Å². The summed E-state index contributed by atoms with van der Waals surface area (Å²) in [6.45, 7) is 9.76. The van der Waals surface area contributed by atoms with Crippen molar-refractivity contribution in [1.29, 1.82) is 0 Å². The van der Waals surface area contributed by atoms with Gasteiger partial charge >= 0.3 is 0 Å². The average molecular weight is 542 g/mol. The Hall–Kier alpha value is -1.78.